The molecule has 1 aromatic rings. The molecular formula is C18H29N3. The van der Waals surface area contributed by atoms with E-state index in [-0.39, 0.29) is 0 Å². The predicted octanol–water partition coefficient (Wildman–Crippen LogP) is 2.33. The maximum Gasteiger partial charge on any atom is 0.0233 e. The van der Waals surface area contributed by atoms with Gasteiger partial charge in [0.2, 0.25) is 0 Å². The Hall–Kier alpha value is -0.900. The number of hydrogen-bond donors (Lipinski definition) is 1. The molecule has 2 aliphatic heterocycles. The molecule has 2 saturated heterocycles. The molecule has 2 heterocycles. The average molecular weight is 287 g/mol. The van der Waals surface area contributed by atoms with Crippen molar-refractivity contribution in [2.75, 3.05) is 26.2 Å². The minimum Gasteiger partial charge on any atom is -0.309 e. The van der Waals surface area contributed by atoms with Crippen molar-refractivity contribution in [2.24, 2.45) is 0 Å². The first-order valence-electron chi connectivity index (χ1n) is 8.47. The van der Waals surface area contributed by atoms with E-state index in [9.17, 15) is 0 Å². The van der Waals surface area contributed by atoms with Crippen LogP contribution in [0.1, 0.15) is 32.3 Å². The van der Waals surface area contributed by atoms with E-state index < -0.39 is 0 Å². The zero-order valence-electron chi connectivity index (χ0n) is 13.5. The van der Waals surface area contributed by atoms with Crippen LogP contribution in [0.25, 0.3) is 0 Å². The zero-order chi connectivity index (χ0) is 14.7. The van der Waals surface area contributed by atoms with E-state index in [0.717, 1.165) is 12.6 Å². The first-order valence-corrected chi connectivity index (χ1v) is 8.47. The normalized spacial score (nSPS) is 29.6. The summed E-state index contributed by atoms with van der Waals surface area (Å²) in [5.41, 5.74) is 1.44. The van der Waals surface area contributed by atoms with Gasteiger partial charge in [-0.2, -0.15) is 0 Å². The highest BCUT2D eigenvalue weighted by Gasteiger charge is 2.29. The van der Waals surface area contributed by atoms with E-state index in [2.05, 4.69) is 59.3 Å². The summed E-state index contributed by atoms with van der Waals surface area (Å²) in [5.74, 6) is 0. The number of likely N-dealkylation sites (tertiary alicyclic amines) is 1. The maximum absolute atomic E-state index is 3.64. The Balaban J connectivity index is 1.48. The molecule has 0 spiro atoms. The van der Waals surface area contributed by atoms with Crippen molar-refractivity contribution in [2.45, 2.75) is 51.4 Å². The third-order valence-corrected chi connectivity index (χ3v) is 4.91. The van der Waals surface area contributed by atoms with Crippen LogP contribution in [0.4, 0.5) is 0 Å². The lowest BCUT2D eigenvalue weighted by Crippen LogP contribution is -2.58. The van der Waals surface area contributed by atoms with Gasteiger partial charge in [-0.1, -0.05) is 30.3 Å². The second kappa shape index (κ2) is 6.91. The van der Waals surface area contributed by atoms with Crippen LogP contribution in [0.15, 0.2) is 30.3 Å². The van der Waals surface area contributed by atoms with Crippen LogP contribution >= 0.6 is 0 Å². The monoisotopic (exact) mass is 287 g/mol. The van der Waals surface area contributed by atoms with Crippen LogP contribution in [0, 0.1) is 0 Å². The number of rotatable bonds is 3. The largest absolute Gasteiger partial charge is 0.309 e. The number of benzene rings is 1. The summed E-state index contributed by atoms with van der Waals surface area (Å²) < 4.78 is 0. The fourth-order valence-electron chi connectivity index (χ4n) is 3.95. The summed E-state index contributed by atoms with van der Waals surface area (Å²) in [5, 5.41) is 3.64. The molecule has 3 rings (SSSR count). The quantitative estimate of drug-likeness (QED) is 0.920. The van der Waals surface area contributed by atoms with Crippen molar-refractivity contribution in [3.05, 3.63) is 35.9 Å². The van der Waals surface area contributed by atoms with Crippen molar-refractivity contribution in [1.29, 1.82) is 0 Å². The Morgan fingerprint density at radius 2 is 1.62 bits per heavy atom. The molecule has 2 unspecified atom stereocenters. The summed E-state index contributed by atoms with van der Waals surface area (Å²) in [6.07, 6.45) is 2.65. The number of nitrogens with zero attached hydrogens (tertiary/aromatic N) is 2. The average Bonchev–Trinajstić information content (AvgIpc) is 2.48. The molecule has 0 amide bonds. The molecule has 3 nitrogen and oxygen atoms in total. The van der Waals surface area contributed by atoms with Gasteiger partial charge in [-0.05, 0) is 45.3 Å². The Labute approximate surface area is 129 Å². The molecular weight excluding hydrogens is 258 g/mol. The standard InChI is InChI=1S/C18H29N3/c1-15-12-21(13-16(2)19-15)18-8-10-20(11-9-18)14-17-6-4-3-5-7-17/h3-7,15-16,18-19H,8-14H2,1-2H3. The lowest BCUT2D eigenvalue weighted by atomic mass is 9.99. The van der Waals surface area contributed by atoms with Gasteiger partial charge in [0.15, 0.2) is 0 Å². The van der Waals surface area contributed by atoms with Gasteiger partial charge in [-0.3, -0.25) is 9.80 Å². The Morgan fingerprint density at radius 3 is 2.24 bits per heavy atom. The maximum atomic E-state index is 3.64. The summed E-state index contributed by atoms with van der Waals surface area (Å²) in [4.78, 5) is 5.34. The number of piperidine rings is 1. The van der Waals surface area contributed by atoms with Crippen LogP contribution in [0.5, 0.6) is 0 Å². The molecule has 116 valence electrons. The zero-order valence-corrected chi connectivity index (χ0v) is 13.5. The van der Waals surface area contributed by atoms with Gasteiger partial charge < -0.3 is 5.32 Å². The summed E-state index contributed by atoms with van der Waals surface area (Å²) in [6, 6.07) is 12.9. The fraction of sp³-hybridized carbons (Fsp3) is 0.667. The smallest absolute Gasteiger partial charge is 0.0233 e. The van der Waals surface area contributed by atoms with Crippen LogP contribution < -0.4 is 5.32 Å². The van der Waals surface area contributed by atoms with Crippen LogP contribution in [-0.4, -0.2) is 54.1 Å². The van der Waals surface area contributed by atoms with E-state index in [4.69, 9.17) is 0 Å². The van der Waals surface area contributed by atoms with E-state index in [0.29, 0.717) is 12.1 Å². The van der Waals surface area contributed by atoms with Crippen molar-refractivity contribution >= 4 is 0 Å². The van der Waals surface area contributed by atoms with Gasteiger partial charge >= 0.3 is 0 Å². The Bertz CT molecular complexity index is 415. The van der Waals surface area contributed by atoms with Gasteiger partial charge in [0.25, 0.3) is 0 Å². The molecule has 0 bridgehead atoms. The molecule has 1 N–H and O–H groups in total. The van der Waals surface area contributed by atoms with E-state index in [1.165, 1.54) is 44.6 Å². The molecule has 2 aliphatic rings. The van der Waals surface area contributed by atoms with E-state index >= 15 is 0 Å². The lowest BCUT2D eigenvalue weighted by Gasteiger charge is -2.44. The van der Waals surface area contributed by atoms with Crippen molar-refractivity contribution in [3.8, 4) is 0 Å². The van der Waals surface area contributed by atoms with Gasteiger partial charge in [0.1, 0.15) is 0 Å². The Morgan fingerprint density at radius 1 is 1.00 bits per heavy atom. The Kier molecular flexibility index (Phi) is 4.94. The van der Waals surface area contributed by atoms with Gasteiger partial charge in [0.05, 0.1) is 0 Å². The lowest BCUT2D eigenvalue weighted by molar-refractivity contribution is 0.0697. The second-order valence-electron chi connectivity index (χ2n) is 6.92. The predicted molar refractivity (Wildman–Crippen MR) is 88.4 cm³/mol. The highest BCUT2D eigenvalue weighted by atomic mass is 15.3. The van der Waals surface area contributed by atoms with Crippen molar-refractivity contribution < 1.29 is 0 Å². The van der Waals surface area contributed by atoms with Gasteiger partial charge in [-0.15, -0.1) is 0 Å². The minimum absolute atomic E-state index is 0.635. The summed E-state index contributed by atoms with van der Waals surface area (Å²) in [6.45, 7) is 10.7. The van der Waals surface area contributed by atoms with Crippen molar-refractivity contribution in [3.63, 3.8) is 0 Å². The van der Waals surface area contributed by atoms with Gasteiger partial charge in [0, 0.05) is 37.8 Å². The van der Waals surface area contributed by atoms with E-state index in [1.54, 1.807) is 0 Å². The first-order chi connectivity index (χ1) is 10.2. The van der Waals surface area contributed by atoms with Crippen LogP contribution in [0.2, 0.25) is 0 Å². The number of nitrogens with one attached hydrogen (secondary N) is 1. The molecule has 2 atom stereocenters. The third-order valence-electron chi connectivity index (χ3n) is 4.91. The highest BCUT2D eigenvalue weighted by molar-refractivity contribution is 5.14. The molecule has 0 aromatic heterocycles. The van der Waals surface area contributed by atoms with E-state index in [1.807, 2.05) is 0 Å². The molecule has 0 aliphatic carbocycles. The van der Waals surface area contributed by atoms with Gasteiger partial charge in [-0.25, -0.2) is 0 Å². The molecule has 0 radical (unpaired) electrons. The van der Waals surface area contributed by atoms with Crippen LogP contribution in [-0.2, 0) is 6.54 Å². The second-order valence-corrected chi connectivity index (χ2v) is 6.92. The SMILES string of the molecule is CC1CN(C2CCN(Cc3ccccc3)CC2)CC(C)N1. The minimum atomic E-state index is 0.635. The number of hydrogen-bond acceptors (Lipinski definition) is 3. The molecule has 0 saturated carbocycles. The highest BCUT2D eigenvalue weighted by Crippen LogP contribution is 2.20. The van der Waals surface area contributed by atoms with Crippen LogP contribution in [0.3, 0.4) is 0 Å². The van der Waals surface area contributed by atoms with Crippen molar-refractivity contribution in [1.82, 2.24) is 15.1 Å². The number of piperazine rings is 1. The fourth-order valence-corrected chi connectivity index (χ4v) is 3.95. The first kappa shape index (κ1) is 15.0. The third kappa shape index (κ3) is 4.06. The topological polar surface area (TPSA) is 18.5 Å². The molecule has 21 heavy (non-hydrogen) atoms. The summed E-state index contributed by atoms with van der Waals surface area (Å²) >= 11 is 0. The molecule has 3 heteroatoms. The molecule has 2 fully saturated rings. The summed E-state index contributed by atoms with van der Waals surface area (Å²) in [7, 11) is 0. The molecule has 1 aromatic carbocycles.